The van der Waals surface area contributed by atoms with Gasteiger partial charge in [-0.3, -0.25) is 9.69 Å². The van der Waals surface area contributed by atoms with Crippen LogP contribution in [0.4, 0.5) is 0 Å². The Labute approximate surface area is 127 Å². The van der Waals surface area contributed by atoms with Crippen LogP contribution in [0.1, 0.15) is 20.3 Å². The van der Waals surface area contributed by atoms with Gasteiger partial charge in [0.05, 0.1) is 19.0 Å². The van der Waals surface area contributed by atoms with E-state index >= 15 is 0 Å². The van der Waals surface area contributed by atoms with E-state index in [0.717, 1.165) is 26.3 Å². The fourth-order valence-electron chi connectivity index (χ4n) is 3.20. The number of rotatable bonds is 5. The number of ether oxygens (including phenoxy) is 1. The second-order valence-electron chi connectivity index (χ2n) is 6.08. The van der Waals surface area contributed by atoms with Gasteiger partial charge in [0.1, 0.15) is 5.75 Å². The van der Waals surface area contributed by atoms with Gasteiger partial charge in [-0.1, -0.05) is 13.8 Å². The Balaban J connectivity index is 1.92. The molecule has 122 valence electrons. The molecule has 0 aromatic carbocycles. The predicted molar refractivity (Wildman–Crippen MR) is 80.9 cm³/mol. The van der Waals surface area contributed by atoms with Gasteiger partial charge in [-0.2, -0.15) is 0 Å². The molecule has 2 heterocycles. The van der Waals surface area contributed by atoms with Crippen LogP contribution in [-0.4, -0.2) is 81.1 Å². The molecule has 6 nitrogen and oxygen atoms in total. The number of hydrogen-bond acceptors (Lipinski definition) is 5. The summed E-state index contributed by atoms with van der Waals surface area (Å²) >= 11 is 0. The van der Waals surface area contributed by atoms with Crippen LogP contribution >= 0.6 is 0 Å². The molecule has 2 rings (SSSR count). The summed E-state index contributed by atoms with van der Waals surface area (Å²) in [5, 5.41) is 0. The fraction of sp³-hybridized carbons (Fsp3) is 0.929. The summed E-state index contributed by atoms with van der Waals surface area (Å²) in [5.74, 6) is -0.120. The molecule has 2 atom stereocenters. The van der Waals surface area contributed by atoms with Crippen molar-refractivity contribution in [1.82, 2.24) is 9.80 Å². The molecule has 21 heavy (non-hydrogen) atoms. The summed E-state index contributed by atoms with van der Waals surface area (Å²) in [6.45, 7) is 8.51. The molecule has 2 fully saturated rings. The summed E-state index contributed by atoms with van der Waals surface area (Å²) in [5.41, 5.74) is 0. The molecule has 2 aliphatic heterocycles. The molecule has 7 heteroatoms. The van der Waals surface area contributed by atoms with Gasteiger partial charge in [0.25, 0.3) is 0 Å². The van der Waals surface area contributed by atoms with E-state index in [1.165, 1.54) is 0 Å². The average molecular weight is 318 g/mol. The van der Waals surface area contributed by atoms with E-state index in [9.17, 15) is 13.2 Å². The van der Waals surface area contributed by atoms with Crippen LogP contribution in [0.2, 0.25) is 0 Å². The van der Waals surface area contributed by atoms with E-state index in [0.29, 0.717) is 31.5 Å². The molecule has 0 N–H and O–H groups in total. The van der Waals surface area contributed by atoms with Crippen molar-refractivity contribution in [3.63, 3.8) is 0 Å². The molecule has 0 aromatic rings. The number of morpholine rings is 1. The molecular weight excluding hydrogens is 292 g/mol. The second-order valence-corrected chi connectivity index (χ2v) is 8.27. The SMILES string of the molecule is CCCS(=O)(=O)CC(=O)N1C[C@H](C)[C@@H](N2CCOCC2)C1. The van der Waals surface area contributed by atoms with Crippen molar-refractivity contribution >= 4 is 15.7 Å². The number of likely N-dealkylation sites (tertiary alicyclic amines) is 1. The highest BCUT2D eigenvalue weighted by Crippen LogP contribution is 2.23. The zero-order valence-electron chi connectivity index (χ0n) is 13.0. The van der Waals surface area contributed by atoms with Crippen molar-refractivity contribution in [2.24, 2.45) is 5.92 Å². The monoisotopic (exact) mass is 318 g/mol. The first-order valence-electron chi connectivity index (χ1n) is 7.73. The lowest BCUT2D eigenvalue weighted by atomic mass is 10.0. The molecule has 0 bridgehead atoms. The largest absolute Gasteiger partial charge is 0.379 e. The lowest BCUT2D eigenvalue weighted by Gasteiger charge is -2.33. The Bertz CT molecular complexity index is 460. The highest BCUT2D eigenvalue weighted by atomic mass is 32.2. The Hall–Kier alpha value is -0.660. The molecule has 0 spiro atoms. The maximum atomic E-state index is 12.2. The molecule has 0 aliphatic carbocycles. The van der Waals surface area contributed by atoms with Crippen molar-refractivity contribution < 1.29 is 17.9 Å². The van der Waals surface area contributed by atoms with Gasteiger partial charge in [0.15, 0.2) is 9.84 Å². The van der Waals surface area contributed by atoms with Crippen LogP contribution in [0.15, 0.2) is 0 Å². The lowest BCUT2D eigenvalue weighted by molar-refractivity contribution is -0.127. The average Bonchev–Trinajstić information content (AvgIpc) is 2.81. The van der Waals surface area contributed by atoms with Gasteiger partial charge in [-0.25, -0.2) is 8.42 Å². The smallest absolute Gasteiger partial charge is 0.237 e. The number of hydrogen-bond donors (Lipinski definition) is 0. The minimum atomic E-state index is -3.25. The third-order valence-corrected chi connectivity index (χ3v) is 6.02. The Morgan fingerprint density at radius 1 is 1.24 bits per heavy atom. The number of sulfone groups is 1. The Morgan fingerprint density at radius 3 is 2.52 bits per heavy atom. The van der Waals surface area contributed by atoms with E-state index in [-0.39, 0.29) is 17.4 Å². The van der Waals surface area contributed by atoms with Gasteiger partial charge >= 0.3 is 0 Å². The zero-order chi connectivity index (χ0) is 15.5. The van der Waals surface area contributed by atoms with E-state index in [1.807, 2.05) is 6.92 Å². The van der Waals surface area contributed by atoms with Gasteiger partial charge in [-0.05, 0) is 12.3 Å². The number of nitrogens with zero attached hydrogens (tertiary/aromatic N) is 2. The maximum Gasteiger partial charge on any atom is 0.237 e. The molecule has 0 saturated carbocycles. The molecule has 2 aliphatic rings. The van der Waals surface area contributed by atoms with Crippen LogP contribution in [0.25, 0.3) is 0 Å². The normalized spacial score (nSPS) is 28.0. The summed E-state index contributed by atoms with van der Waals surface area (Å²) in [4.78, 5) is 16.3. The van der Waals surface area contributed by atoms with Crippen LogP contribution in [-0.2, 0) is 19.4 Å². The summed E-state index contributed by atoms with van der Waals surface area (Å²) in [6, 6.07) is 0.326. The molecule has 1 amide bonds. The Morgan fingerprint density at radius 2 is 1.90 bits per heavy atom. The van der Waals surface area contributed by atoms with E-state index in [2.05, 4.69) is 11.8 Å². The van der Waals surface area contributed by atoms with E-state index in [1.54, 1.807) is 4.90 Å². The van der Waals surface area contributed by atoms with Crippen LogP contribution in [0, 0.1) is 5.92 Å². The highest BCUT2D eigenvalue weighted by molar-refractivity contribution is 7.92. The van der Waals surface area contributed by atoms with E-state index < -0.39 is 9.84 Å². The van der Waals surface area contributed by atoms with Crippen molar-refractivity contribution in [2.75, 3.05) is 50.9 Å². The first kappa shape index (κ1) is 16.7. The lowest BCUT2D eigenvalue weighted by Crippen LogP contribution is -2.47. The maximum absolute atomic E-state index is 12.2. The molecular formula is C14H26N2O4S. The summed E-state index contributed by atoms with van der Waals surface area (Å²) < 4.78 is 28.9. The second kappa shape index (κ2) is 7.07. The summed E-state index contributed by atoms with van der Waals surface area (Å²) in [6.07, 6.45) is 0.558. The van der Waals surface area contributed by atoms with Crippen LogP contribution < -0.4 is 0 Å². The van der Waals surface area contributed by atoms with Crippen molar-refractivity contribution in [3.05, 3.63) is 0 Å². The predicted octanol–water partition coefficient (Wildman–Crippen LogP) is -0.00970. The summed E-state index contributed by atoms with van der Waals surface area (Å²) in [7, 11) is -3.25. The van der Waals surface area contributed by atoms with E-state index in [4.69, 9.17) is 4.74 Å². The van der Waals surface area contributed by atoms with Gasteiger partial charge in [0.2, 0.25) is 5.91 Å². The van der Waals surface area contributed by atoms with Gasteiger partial charge in [-0.15, -0.1) is 0 Å². The van der Waals surface area contributed by atoms with Gasteiger partial charge in [0, 0.05) is 32.2 Å². The van der Waals surface area contributed by atoms with Crippen LogP contribution in [0.5, 0.6) is 0 Å². The topological polar surface area (TPSA) is 66.9 Å². The number of carbonyl (C=O) groups excluding carboxylic acids is 1. The highest BCUT2D eigenvalue weighted by Gasteiger charge is 2.37. The minimum absolute atomic E-state index is 0.0923. The van der Waals surface area contributed by atoms with Crippen molar-refractivity contribution in [2.45, 2.75) is 26.3 Å². The van der Waals surface area contributed by atoms with Crippen molar-refractivity contribution in [3.8, 4) is 0 Å². The number of carbonyl (C=O) groups is 1. The number of amides is 1. The standard InChI is InChI=1S/C14H26N2O4S/c1-3-8-21(18,19)11-14(17)16-9-12(2)13(10-16)15-4-6-20-7-5-15/h12-13H,3-11H2,1-2H3/t12-,13-/m0/s1. The fourth-order valence-corrected chi connectivity index (χ4v) is 4.53. The van der Waals surface area contributed by atoms with Crippen molar-refractivity contribution in [1.29, 1.82) is 0 Å². The molecule has 0 aromatic heterocycles. The molecule has 0 radical (unpaired) electrons. The zero-order valence-corrected chi connectivity index (χ0v) is 13.8. The van der Waals surface area contributed by atoms with Gasteiger partial charge < -0.3 is 9.64 Å². The third-order valence-electron chi connectivity index (χ3n) is 4.30. The first-order chi connectivity index (χ1) is 9.93. The molecule has 0 unspecified atom stereocenters. The first-order valence-corrected chi connectivity index (χ1v) is 9.55. The van der Waals surface area contributed by atoms with Crippen LogP contribution in [0.3, 0.4) is 0 Å². The third kappa shape index (κ3) is 4.40. The Kier molecular flexibility index (Phi) is 5.62. The molecule has 2 saturated heterocycles. The minimum Gasteiger partial charge on any atom is -0.379 e. The quantitative estimate of drug-likeness (QED) is 0.713.